The van der Waals surface area contributed by atoms with Crippen LogP contribution >= 0.6 is 0 Å². The SMILES string of the molecule is CC(O)CC(C)Nc1nc(NN)cn2ccnc12. The summed E-state index contributed by atoms with van der Waals surface area (Å²) in [5, 5.41) is 12.6. The van der Waals surface area contributed by atoms with E-state index < -0.39 is 0 Å². The maximum Gasteiger partial charge on any atom is 0.180 e. The van der Waals surface area contributed by atoms with Gasteiger partial charge in [-0.1, -0.05) is 0 Å². The highest BCUT2D eigenvalue weighted by molar-refractivity contribution is 5.65. The molecular weight excluding hydrogens is 232 g/mol. The summed E-state index contributed by atoms with van der Waals surface area (Å²) >= 11 is 0. The molecule has 0 aromatic carbocycles. The van der Waals surface area contributed by atoms with Gasteiger partial charge in [-0.15, -0.1) is 0 Å². The molecule has 0 aliphatic rings. The van der Waals surface area contributed by atoms with E-state index in [4.69, 9.17) is 5.84 Å². The third-order valence-electron chi connectivity index (χ3n) is 2.60. The van der Waals surface area contributed by atoms with E-state index in [0.29, 0.717) is 18.1 Å². The number of aliphatic hydroxyl groups excluding tert-OH is 1. The molecule has 0 aliphatic carbocycles. The van der Waals surface area contributed by atoms with Crippen molar-refractivity contribution >= 4 is 17.3 Å². The summed E-state index contributed by atoms with van der Waals surface area (Å²) in [6.07, 6.45) is 5.55. The Bertz CT molecular complexity index is 523. The summed E-state index contributed by atoms with van der Waals surface area (Å²) in [4.78, 5) is 8.56. The molecule has 5 N–H and O–H groups in total. The molecule has 2 heterocycles. The number of aliphatic hydroxyl groups is 1. The highest BCUT2D eigenvalue weighted by atomic mass is 16.3. The molecule has 0 saturated heterocycles. The first-order chi connectivity index (χ1) is 8.60. The number of fused-ring (bicyclic) bond motifs is 1. The number of hydrazine groups is 1. The lowest BCUT2D eigenvalue weighted by Crippen LogP contribution is -2.22. The van der Waals surface area contributed by atoms with Gasteiger partial charge in [-0.25, -0.2) is 15.8 Å². The Balaban J connectivity index is 2.28. The fourth-order valence-corrected chi connectivity index (χ4v) is 1.90. The lowest BCUT2D eigenvalue weighted by molar-refractivity contribution is 0.179. The van der Waals surface area contributed by atoms with Crippen LogP contribution in [0, 0.1) is 0 Å². The van der Waals surface area contributed by atoms with Crippen molar-refractivity contribution in [1.29, 1.82) is 0 Å². The lowest BCUT2D eigenvalue weighted by atomic mass is 10.1. The lowest BCUT2D eigenvalue weighted by Gasteiger charge is -2.17. The zero-order valence-electron chi connectivity index (χ0n) is 10.5. The summed E-state index contributed by atoms with van der Waals surface area (Å²) < 4.78 is 1.83. The summed E-state index contributed by atoms with van der Waals surface area (Å²) in [7, 11) is 0. The van der Waals surface area contributed by atoms with Crippen LogP contribution in [0.2, 0.25) is 0 Å². The second-order valence-electron chi connectivity index (χ2n) is 4.41. The zero-order valence-corrected chi connectivity index (χ0v) is 10.5. The smallest absolute Gasteiger partial charge is 0.180 e. The fourth-order valence-electron chi connectivity index (χ4n) is 1.90. The Labute approximate surface area is 105 Å². The van der Waals surface area contributed by atoms with E-state index in [1.807, 2.05) is 17.5 Å². The Morgan fingerprint density at radius 3 is 2.94 bits per heavy atom. The van der Waals surface area contributed by atoms with Crippen molar-refractivity contribution in [3.05, 3.63) is 18.6 Å². The first kappa shape index (κ1) is 12.6. The molecule has 2 rings (SSSR count). The van der Waals surface area contributed by atoms with Crippen LogP contribution in [0.5, 0.6) is 0 Å². The van der Waals surface area contributed by atoms with Crippen LogP contribution in [0.1, 0.15) is 20.3 Å². The van der Waals surface area contributed by atoms with Gasteiger partial charge in [-0.3, -0.25) is 0 Å². The molecule has 0 radical (unpaired) electrons. The van der Waals surface area contributed by atoms with Gasteiger partial charge in [0, 0.05) is 18.4 Å². The van der Waals surface area contributed by atoms with Gasteiger partial charge in [0.25, 0.3) is 0 Å². The van der Waals surface area contributed by atoms with Crippen LogP contribution in [0.3, 0.4) is 0 Å². The monoisotopic (exact) mass is 250 g/mol. The van der Waals surface area contributed by atoms with Crippen LogP contribution in [0.25, 0.3) is 5.65 Å². The number of rotatable bonds is 5. The quantitative estimate of drug-likeness (QED) is 0.457. The van der Waals surface area contributed by atoms with Crippen LogP contribution in [0.15, 0.2) is 18.6 Å². The molecular formula is C11H18N6O. The number of hydrogen-bond donors (Lipinski definition) is 4. The Hall–Kier alpha value is -1.86. The molecule has 0 saturated carbocycles. The maximum absolute atomic E-state index is 9.36. The topological polar surface area (TPSA) is 100 Å². The molecule has 7 nitrogen and oxygen atoms in total. The first-order valence-electron chi connectivity index (χ1n) is 5.85. The molecule has 0 fully saturated rings. The van der Waals surface area contributed by atoms with Crippen molar-refractivity contribution in [1.82, 2.24) is 14.4 Å². The van der Waals surface area contributed by atoms with Crippen LogP contribution < -0.4 is 16.6 Å². The van der Waals surface area contributed by atoms with E-state index in [2.05, 4.69) is 20.7 Å². The van der Waals surface area contributed by atoms with E-state index in [0.717, 1.165) is 5.65 Å². The third kappa shape index (κ3) is 2.69. The number of nitrogen functional groups attached to an aromatic ring is 1. The molecule has 18 heavy (non-hydrogen) atoms. The predicted molar refractivity (Wildman–Crippen MR) is 70.2 cm³/mol. The van der Waals surface area contributed by atoms with Crippen molar-refractivity contribution in [2.75, 3.05) is 10.7 Å². The van der Waals surface area contributed by atoms with Gasteiger partial charge in [0.2, 0.25) is 0 Å². The minimum Gasteiger partial charge on any atom is -0.393 e. The number of nitrogens with zero attached hydrogens (tertiary/aromatic N) is 3. The molecule has 98 valence electrons. The largest absolute Gasteiger partial charge is 0.393 e. The summed E-state index contributed by atoms with van der Waals surface area (Å²) in [6, 6.07) is 0.0889. The van der Waals surface area contributed by atoms with Crippen LogP contribution in [0.4, 0.5) is 11.6 Å². The Morgan fingerprint density at radius 2 is 2.28 bits per heavy atom. The van der Waals surface area contributed by atoms with Crippen molar-refractivity contribution in [3.8, 4) is 0 Å². The molecule has 0 bridgehead atoms. The number of nitrogens with one attached hydrogen (secondary N) is 2. The highest BCUT2D eigenvalue weighted by Gasteiger charge is 2.11. The number of nitrogens with two attached hydrogens (primary N) is 1. The third-order valence-corrected chi connectivity index (χ3v) is 2.60. The second kappa shape index (κ2) is 5.19. The van der Waals surface area contributed by atoms with E-state index in [9.17, 15) is 5.11 Å². The van der Waals surface area contributed by atoms with Crippen molar-refractivity contribution in [2.45, 2.75) is 32.4 Å². The van der Waals surface area contributed by atoms with Crippen molar-refractivity contribution in [3.63, 3.8) is 0 Å². The van der Waals surface area contributed by atoms with Crippen molar-refractivity contribution < 1.29 is 5.11 Å². The molecule has 2 atom stereocenters. The molecule has 0 aliphatic heterocycles. The van der Waals surface area contributed by atoms with E-state index >= 15 is 0 Å². The van der Waals surface area contributed by atoms with Crippen LogP contribution in [-0.4, -0.2) is 31.6 Å². The average Bonchev–Trinajstić information content (AvgIpc) is 2.75. The van der Waals surface area contributed by atoms with E-state index in [1.165, 1.54) is 0 Å². The molecule has 0 amide bonds. The minimum atomic E-state index is -0.362. The number of aromatic nitrogens is 3. The average molecular weight is 250 g/mol. The molecule has 0 spiro atoms. The highest BCUT2D eigenvalue weighted by Crippen LogP contribution is 2.17. The molecule has 2 unspecified atom stereocenters. The van der Waals surface area contributed by atoms with Crippen LogP contribution in [-0.2, 0) is 0 Å². The van der Waals surface area contributed by atoms with E-state index in [-0.39, 0.29) is 12.1 Å². The predicted octanol–water partition coefficient (Wildman–Crippen LogP) is 0.586. The molecule has 2 aromatic rings. The Kier molecular flexibility index (Phi) is 3.63. The standard InChI is InChI=1S/C11H18N6O/c1-7(5-8(2)18)14-10-11-13-3-4-17(11)6-9(15-10)16-12/h3-4,6-8,16,18H,5,12H2,1-2H3,(H,14,15). The second-order valence-corrected chi connectivity index (χ2v) is 4.41. The zero-order chi connectivity index (χ0) is 13.1. The summed E-state index contributed by atoms with van der Waals surface area (Å²) in [6.45, 7) is 3.74. The fraction of sp³-hybridized carbons (Fsp3) is 0.455. The molecule has 2 aromatic heterocycles. The number of hydrogen-bond acceptors (Lipinski definition) is 6. The van der Waals surface area contributed by atoms with Gasteiger partial charge in [-0.2, -0.15) is 0 Å². The van der Waals surface area contributed by atoms with Gasteiger partial charge < -0.3 is 20.2 Å². The van der Waals surface area contributed by atoms with Gasteiger partial charge in [0.05, 0.1) is 12.3 Å². The summed E-state index contributed by atoms with van der Waals surface area (Å²) in [5.41, 5.74) is 3.24. The first-order valence-corrected chi connectivity index (χ1v) is 5.85. The normalized spacial score (nSPS) is 14.4. The van der Waals surface area contributed by atoms with Crippen molar-refractivity contribution in [2.24, 2.45) is 5.84 Å². The van der Waals surface area contributed by atoms with Gasteiger partial charge in [0.1, 0.15) is 0 Å². The van der Waals surface area contributed by atoms with Gasteiger partial charge >= 0.3 is 0 Å². The number of imidazole rings is 1. The van der Waals surface area contributed by atoms with Gasteiger partial charge in [0.15, 0.2) is 17.3 Å². The van der Waals surface area contributed by atoms with E-state index in [1.54, 1.807) is 19.3 Å². The van der Waals surface area contributed by atoms with Gasteiger partial charge in [-0.05, 0) is 20.3 Å². The minimum absolute atomic E-state index is 0.0889. The maximum atomic E-state index is 9.36. The summed E-state index contributed by atoms with van der Waals surface area (Å²) in [5.74, 6) is 6.57. The number of anilines is 2. The molecule has 7 heteroatoms. The Morgan fingerprint density at radius 1 is 1.50 bits per heavy atom.